The van der Waals surface area contributed by atoms with Crippen LogP contribution in [-0.2, 0) is 6.54 Å². The Morgan fingerprint density at radius 2 is 1.65 bits per heavy atom. The lowest BCUT2D eigenvalue weighted by Gasteiger charge is -2.08. The molecule has 104 valence electrons. The van der Waals surface area contributed by atoms with Gasteiger partial charge in [-0.1, -0.05) is 54.0 Å². The van der Waals surface area contributed by atoms with Gasteiger partial charge in [-0.2, -0.15) is 0 Å². The normalized spacial score (nSPS) is 10.6. The van der Waals surface area contributed by atoms with Crippen LogP contribution in [0.25, 0.3) is 0 Å². The Balaban J connectivity index is 1.96. The Morgan fingerprint density at radius 3 is 2.20 bits per heavy atom. The number of nitrogens with one attached hydrogen (secondary N) is 1. The van der Waals surface area contributed by atoms with Crippen LogP contribution in [0.3, 0.4) is 0 Å². The smallest absolute Gasteiger partial charge is 0.251 e. The minimum Gasteiger partial charge on any atom is -0.348 e. The van der Waals surface area contributed by atoms with E-state index in [9.17, 15) is 4.79 Å². The number of carbonyl (C=O) groups is 1. The molecule has 0 aliphatic carbocycles. The third kappa shape index (κ3) is 3.94. The van der Waals surface area contributed by atoms with E-state index in [2.05, 4.69) is 35.1 Å². The molecule has 0 spiro atoms. The summed E-state index contributed by atoms with van der Waals surface area (Å²) in [7, 11) is 0. The number of rotatable bonds is 4. The number of hydrogen-bond donors (Lipinski definition) is 1. The number of halogens is 1. The van der Waals surface area contributed by atoms with Gasteiger partial charge in [-0.25, -0.2) is 0 Å². The van der Waals surface area contributed by atoms with Crippen LogP contribution in [-0.4, -0.2) is 5.91 Å². The molecule has 2 aromatic carbocycles. The Bertz CT molecular complexity index is 573. The Kier molecular flexibility index (Phi) is 4.96. The monoisotopic (exact) mass is 331 g/mol. The first-order valence-corrected chi connectivity index (χ1v) is 7.48. The van der Waals surface area contributed by atoms with Gasteiger partial charge in [-0.15, -0.1) is 0 Å². The number of amides is 1. The second kappa shape index (κ2) is 6.71. The molecule has 0 saturated heterocycles. The van der Waals surface area contributed by atoms with Gasteiger partial charge in [-0.05, 0) is 41.3 Å². The Hall–Kier alpha value is -1.61. The molecule has 1 N–H and O–H groups in total. The quantitative estimate of drug-likeness (QED) is 0.877. The zero-order chi connectivity index (χ0) is 14.5. The van der Waals surface area contributed by atoms with Crippen molar-refractivity contribution in [2.24, 2.45) is 0 Å². The van der Waals surface area contributed by atoms with Crippen molar-refractivity contribution in [3.05, 3.63) is 69.7 Å². The number of carbonyl (C=O) groups excluding carboxylic acids is 1. The van der Waals surface area contributed by atoms with Crippen molar-refractivity contribution in [1.82, 2.24) is 5.32 Å². The molecule has 0 aliphatic heterocycles. The summed E-state index contributed by atoms with van der Waals surface area (Å²) in [5, 5.41) is 2.93. The maximum atomic E-state index is 12.0. The first kappa shape index (κ1) is 14.8. The van der Waals surface area contributed by atoms with Gasteiger partial charge in [-0.3, -0.25) is 4.79 Å². The van der Waals surface area contributed by atoms with Crippen molar-refractivity contribution in [2.75, 3.05) is 0 Å². The summed E-state index contributed by atoms with van der Waals surface area (Å²) in [5.74, 6) is 0.443. The molecular formula is C17H18BrNO. The highest BCUT2D eigenvalue weighted by Crippen LogP contribution is 2.15. The molecule has 2 aromatic rings. The van der Waals surface area contributed by atoms with Crippen LogP contribution in [0, 0.1) is 0 Å². The van der Waals surface area contributed by atoms with Crippen molar-refractivity contribution in [1.29, 1.82) is 0 Å². The topological polar surface area (TPSA) is 29.1 Å². The first-order valence-electron chi connectivity index (χ1n) is 6.69. The Morgan fingerprint density at radius 1 is 1.05 bits per heavy atom. The number of benzene rings is 2. The van der Waals surface area contributed by atoms with Gasteiger partial charge in [0.1, 0.15) is 0 Å². The predicted molar refractivity (Wildman–Crippen MR) is 85.8 cm³/mol. The van der Waals surface area contributed by atoms with E-state index in [1.807, 2.05) is 48.5 Å². The summed E-state index contributed by atoms with van der Waals surface area (Å²) in [4.78, 5) is 12.0. The maximum Gasteiger partial charge on any atom is 0.251 e. The van der Waals surface area contributed by atoms with E-state index in [1.54, 1.807) is 0 Å². The van der Waals surface area contributed by atoms with Crippen molar-refractivity contribution in [2.45, 2.75) is 26.3 Å². The lowest BCUT2D eigenvalue weighted by molar-refractivity contribution is 0.0951. The summed E-state index contributed by atoms with van der Waals surface area (Å²) in [6.45, 7) is 4.82. The van der Waals surface area contributed by atoms with Crippen LogP contribution in [0.2, 0.25) is 0 Å². The minimum atomic E-state index is -0.0387. The molecule has 0 radical (unpaired) electrons. The predicted octanol–water partition coefficient (Wildman–Crippen LogP) is 4.50. The molecule has 0 unspecified atom stereocenters. The summed E-state index contributed by atoms with van der Waals surface area (Å²) < 4.78 is 1.04. The zero-order valence-corrected chi connectivity index (χ0v) is 13.3. The zero-order valence-electron chi connectivity index (χ0n) is 11.7. The van der Waals surface area contributed by atoms with Crippen molar-refractivity contribution < 1.29 is 4.79 Å². The van der Waals surface area contributed by atoms with Gasteiger partial charge in [0.25, 0.3) is 5.91 Å². The van der Waals surface area contributed by atoms with Crippen molar-refractivity contribution >= 4 is 21.8 Å². The second-order valence-corrected chi connectivity index (χ2v) is 6.00. The SMILES string of the molecule is CC(C)c1ccc(C(=O)NCc2ccc(Br)cc2)cc1. The second-order valence-electron chi connectivity index (χ2n) is 5.09. The molecule has 2 rings (SSSR count). The Labute approximate surface area is 128 Å². The molecule has 0 aliphatic rings. The average Bonchev–Trinajstić information content (AvgIpc) is 2.46. The molecule has 0 bridgehead atoms. The van der Waals surface area contributed by atoms with E-state index in [-0.39, 0.29) is 5.91 Å². The third-order valence-electron chi connectivity index (χ3n) is 3.21. The molecule has 1 amide bonds. The molecule has 0 heterocycles. The fraction of sp³-hybridized carbons (Fsp3) is 0.235. The van der Waals surface area contributed by atoms with E-state index in [0.717, 1.165) is 10.0 Å². The van der Waals surface area contributed by atoms with E-state index < -0.39 is 0 Å². The summed E-state index contributed by atoms with van der Waals surface area (Å²) in [6, 6.07) is 15.7. The molecule has 3 heteroatoms. The van der Waals surface area contributed by atoms with E-state index in [1.165, 1.54) is 5.56 Å². The van der Waals surface area contributed by atoms with E-state index >= 15 is 0 Å². The van der Waals surface area contributed by atoms with Crippen LogP contribution in [0.15, 0.2) is 53.0 Å². The highest BCUT2D eigenvalue weighted by molar-refractivity contribution is 9.10. The van der Waals surface area contributed by atoms with Crippen LogP contribution >= 0.6 is 15.9 Å². The van der Waals surface area contributed by atoms with E-state index in [0.29, 0.717) is 18.0 Å². The van der Waals surface area contributed by atoms with Gasteiger partial charge in [0.05, 0.1) is 0 Å². The maximum absolute atomic E-state index is 12.0. The lowest BCUT2D eigenvalue weighted by Crippen LogP contribution is -2.22. The standard InChI is InChI=1S/C17H18BrNO/c1-12(2)14-5-7-15(8-6-14)17(20)19-11-13-3-9-16(18)10-4-13/h3-10,12H,11H2,1-2H3,(H,19,20). The molecule has 0 aromatic heterocycles. The van der Waals surface area contributed by atoms with Gasteiger partial charge in [0.2, 0.25) is 0 Å². The lowest BCUT2D eigenvalue weighted by atomic mass is 10.0. The highest BCUT2D eigenvalue weighted by atomic mass is 79.9. The summed E-state index contributed by atoms with van der Waals surface area (Å²) in [5.41, 5.74) is 3.03. The van der Waals surface area contributed by atoms with Crippen LogP contribution < -0.4 is 5.32 Å². The van der Waals surface area contributed by atoms with Crippen LogP contribution in [0.1, 0.15) is 41.3 Å². The molecule has 0 fully saturated rings. The van der Waals surface area contributed by atoms with Crippen molar-refractivity contribution in [3.8, 4) is 0 Å². The number of hydrogen-bond acceptors (Lipinski definition) is 1. The van der Waals surface area contributed by atoms with Crippen LogP contribution in [0.5, 0.6) is 0 Å². The largest absolute Gasteiger partial charge is 0.348 e. The summed E-state index contributed by atoms with van der Waals surface area (Å²) >= 11 is 3.39. The summed E-state index contributed by atoms with van der Waals surface area (Å²) in [6.07, 6.45) is 0. The van der Waals surface area contributed by atoms with Gasteiger partial charge in [0.15, 0.2) is 0 Å². The van der Waals surface area contributed by atoms with Gasteiger partial charge in [0, 0.05) is 16.6 Å². The molecule has 2 nitrogen and oxygen atoms in total. The highest BCUT2D eigenvalue weighted by Gasteiger charge is 2.06. The molecular weight excluding hydrogens is 314 g/mol. The molecule has 0 saturated carbocycles. The third-order valence-corrected chi connectivity index (χ3v) is 3.73. The fourth-order valence-corrected chi connectivity index (χ4v) is 2.17. The minimum absolute atomic E-state index is 0.0387. The molecule has 0 atom stereocenters. The average molecular weight is 332 g/mol. The van der Waals surface area contributed by atoms with Gasteiger partial charge >= 0.3 is 0 Å². The van der Waals surface area contributed by atoms with Crippen LogP contribution in [0.4, 0.5) is 0 Å². The van der Waals surface area contributed by atoms with Gasteiger partial charge < -0.3 is 5.32 Å². The first-order chi connectivity index (χ1) is 9.56. The fourth-order valence-electron chi connectivity index (χ4n) is 1.91. The molecule has 20 heavy (non-hydrogen) atoms. The van der Waals surface area contributed by atoms with Crippen molar-refractivity contribution in [3.63, 3.8) is 0 Å². The van der Waals surface area contributed by atoms with E-state index in [4.69, 9.17) is 0 Å².